The fourth-order valence-corrected chi connectivity index (χ4v) is 3.22. The number of hydrogen-bond donors (Lipinski definition) is 2. The molecule has 0 bridgehead atoms. The number of aliphatic hydroxyl groups is 1. The Morgan fingerprint density at radius 2 is 2.19 bits per heavy atom. The van der Waals surface area contributed by atoms with Crippen LogP contribution in [0.25, 0.3) is 0 Å². The maximum Gasteiger partial charge on any atom is 0.251 e. The standard InChI is InChI=1S/C16H14BrNO2S/c1-11-4-5-12(3-2-8-19)9-14(11)16(20)18-10-13-6-7-15(17)21-13/h4-7,9,19H,8,10H2,1H3,(H,18,20). The highest BCUT2D eigenvalue weighted by atomic mass is 79.9. The van der Waals surface area contributed by atoms with E-state index in [2.05, 4.69) is 33.1 Å². The van der Waals surface area contributed by atoms with Crippen LogP contribution in [0, 0.1) is 18.8 Å². The number of aryl methyl sites for hydroxylation is 1. The summed E-state index contributed by atoms with van der Waals surface area (Å²) in [5.41, 5.74) is 2.23. The lowest BCUT2D eigenvalue weighted by atomic mass is 10.0. The van der Waals surface area contributed by atoms with Crippen LogP contribution in [0.5, 0.6) is 0 Å². The van der Waals surface area contributed by atoms with Crippen molar-refractivity contribution in [3.8, 4) is 11.8 Å². The van der Waals surface area contributed by atoms with Gasteiger partial charge < -0.3 is 10.4 Å². The summed E-state index contributed by atoms with van der Waals surface area (Å²) in [4.78, 5) is 13.3. The Labute approximate surface area is 136 Å². The first-order chi connectivity index (χ1) is 10.1. The number of benzene rings is 1. The van der Waals surface area contributed by atoms with Crippen LogP contribution in [-0.4, -0.2) is 17.6 Å². The summed E-state index contributed by atoms with van der Waals surface area (Å²) in [5, 5.41) is 11.6. The highest BCUT2D eigenvalue weighted by molar-refractivity contribution is 9.11. The molecule has 2 rings (SSSR count). The minimum Gasteiger partial charge on any atom is -0.384 e. The van der Waals surface area contributed by atoms with Gasteiger partial charge in [0.2, 0.25) is 0 Å². The van der Waals surface area contributed by atoms with Gasteiger partial charge in [-0.3, -0.25) is 4.79 Å². The van der Waals surface area contributed by atoms with Crippen LogP contribution < -0.4 is 5.32 Å². The van der Waals surface area contributed by atoms with E-state index in [1.807, 2.05) is 31.2 Å². The largest absolute Gasteiger partial charge is 0.384 e. The van der Waals surface area contributed by atoms with Gasteiger partial charge in [0.15, 0.2) is 0 Å². The number of thiophene rings is 1. The number of rotatable bonds is 3. The third kappa shape index (κ3) is 4.43. The molecule has 0 aliphatic rings. The first kappa shape index (κ1) is 15.8. The molecule has 2 N–H and O–H groups in total. The van der Waals surface area contributed by atoms with Crippen molar-refractivity contribution < 1.29 is 9.90 Å². The van der Waals surface area contributed by atoms with Crippen LogP contribution in [0.15, 0.2) is 34.1 Å². The Morgan fingerprint density at radius 3 is 2.86 bits per heavy atom. The minimum atomic E-state index is -0.192. The van der Waals surface area contributed by atoms with Gasteiger partial charge in [0.25, 0.3) is 5.91 Å². The second-order valence-electron chi connectivity index (χ2n) is 4.38. The molecule has 0 fully saturated rings. The predicted molar refractivity (Wildman–Crippen MR) is 88.3 cm³/mol. The Bertz CT molecular complexity index is 713. The van der Waals surface area contributed by atoms with Gasteiger partial charge in [-0.1, -0.05) is 17.9 Å². The third-order valence-corrected chi connectivity index (χ3v) is 4.47. The molecule has 0 saturated carbocycles. The molecule has 1 amide bonds. The fourth-order valence-electron chi connectivity index (χ4n) is 1.80. The Kier molecular flexibility index (Phi) is 5.57. The fraction of sp³-hybridized carbons (Fsp3) is 0.188. The topological polar surface area (TPSA) is 49.3 Å². The maximum atomic E-state index is 12.3. The lowest BCUT2D eigenvalue weighted by Crippen LogP contribution is -2.23. The summed E-state index contributed by atoms with van der Waals surface area (Å²) in [6.45, 7) is 2.20. The molecule has 0 radical (unpaired) electrons. The lowest BCUT2D eigenvalue weighted by Gasteiger charge is -2.07. The molecule has 5 heteroatoms. The number of carbonyl (C=O) groups excluding carboxylic acids is 1. The molecular formula is C16H14BrNO2S. The number of aliphatic hydroxyl groups excluding tert-OH is 1. The number of amides is 1. The van der Waals surface area contributed by atoms with Crippen molar-refractivity contribution in [1.82, 2.24) is 5.32 Å². The molecule has 2 aromatic rings. The highest BCUT2D eigenvalue weighted by Crippen LogP contribution is 2.22. The second kappa shape index (κ2) is 7.41. The Balaban J connectivity index is 2.10. The van der Waals surface area contributed by atoms with Crippen molar-refractivity contribution in [1.29, 1.82) is 0 Å². The average Bonchev–Trinajstić information content (AvgIpc) is 2.89. The monoisotopic (exact) mass is 363 g/mol. The van der Waals surface area contributed by atoms with Crippen LogP contribution in [-0.2, 0) is 6.54 Å². The van der Waals surface area contributed by atoms with Crippen LogP contribution in [0.4, 0.5) is 0 Å². The van der Waals surface area contributed by atoms with E-state index in [0.717, 1.165) is 19.8 Å². The van der Waals surface area contributed by atoms with Gasteiger partial charge >= 0.3 is 0 Å². The molecule has 0 aliphatic heterocycles. The summed E-state index contributed by atoms with van der Waals surface area (Å²) in [6, 6.07) is 9.38. The molecule has 108 valence electrons. The van der Waals surface area contributed by atoms with E-state index in [4.69, 9.17) is 5.11 Å². The molecule has 0 atom stereocenters. The van der Waals surface area contributed by atoms with Crippen molar-refractivity contribution in [2.24, 2.45) is 0 Å². The van der Waals surface area contributed by atoms with Crippen LogP contribution in [0.1, 0.15) is 26.4 Å². The zero-order chi connectivity index (χ0) is 15.2. The van der Waals surface area contributed by atoms with E-state index >= 15 is 0 Å². The Hall–Kier alpha value is -1.61. The van der Waals surface area contributed by atoms with Crippen molar-refractivity contribution in [2.45, 2.75) is 13.5 Å². The summed E-state index contributed by atoms with van der Waals surface area (Å²) >= 11 is 4.99. The van der Waals surface area contributed by atoms with Gasteiger partial charge in [-0.05, 0) is 52.7 Å². The summed E-state index contributed by atoms with van der Waals surface area (Å²) in [6.07, 6.45) is 0. The maximum absolute atomic E-state index is 12.3. The van der Waals surface area contributed by atoms with E-state index in [-0.39, 0.29) is 12.5 Å². The number of nitrogens with one attached hydrogen (secondary N) is 1. The van der Waals surface area contributed by atoms with Gasteiger partial charge in [-0.2, -0.15) is 0 Å². The zero-order valence-corrected chi connectivity index (χ0v) is 13.8. The van der Waals surface area contributed by atoms with E-state index in [9.17, 15) is 4.79 Å². The molecule has 1 aromatic carbocycles. The molecule has 21 heavy (non-hydrogen) atoms. The zero-order valence-electron chi connectivity index (χ0n) is 11.4. The van der Waals surface area contributed by atoms with Gasteiger partial charge in [-0.15, -0.1) is 11.3 Å². The van der Waals surface area contributed by atoms with Crippen LogP contribution >= 0.6 is 27.3 Å². The SMILES string of the molecule is Cc1ccc(C#CCO)cc1C(=O)NCc1ccc(Br)s1. The van der Waals surface area contributed by atoms with E-state index < -0.39 is 0 Å². The third-order valence-electron chi connectivity index (χ3n) is 2.85. The summed E-state index contributed by atoms with van der Waals surface area (Å²) in [7, 11) is 0. The van der Waals surface area contributed by atoms with Gasteiger partial charge in [0, 0.05) is 16.0 Å². The molecular weight excluding hydrogens is 350 g/mol. The second-order valence-corrected chi connectivity index (χ2v) is 6.93. The number of carbonyl (C=O) groups is 1. The van der Waals surface area contributed by atoms with Crippen molar-refractivity contribution >= 4 is 33.2 Å². The van der Waals surface area contributed by atoms with E-state index in [0.29, 0.717) is 12.1 Å². The molecule has 0 unspecified atom stereocenters. The molecule has 0 aliphatic carbocycles. The normalized spacial score (nSPS) is 9.86. The first-order valence-electron chi connectivity index (χ1n) is 6.33. The molecule has 1 aromatic heterocycles. The summed E-state index contributed by atoms with van der Waals surface area (Å²) < 4.78 is 1.05. The number of halogens is 1. The van der Waals surface area contributed by atoms with E-state index in [1.54, 1.807) is 17.4 Å². The van der Waals surface area contributed by atoms with E-state index in [1.165, 1.54) is 0 Å². The minimum absolute atomic E-state index is 0.121. The molecule has 1 heterocycles. The number of hydrogen-bond acceptors (Lipinski definition) is 3. The average molecular weight is 364 g/mol. The van der Waals surface area contributed by atoms with Crippen LogP contribution in [0.3, 0.4) is 0 Å². The van der Waals surface area contributed by atoms with Gasteiger partial charge in [0.1, 0.15) is 6.61 Å². The van der Waals surface area contributed by atoms with Crippen molar-refractivity contribution in [2.75, 3.05) is 6.61 Å². The smallest absolute Gasteiger partial charge is 0.251 e. The summed E-state index contributed by atoms with van der Waals surface area (Å²) in [5.74, 6) is 5.27. The van der Waals surface area contributed by atoms with Gasteiger partial charge in [0.05, 0.1) is 10.3 Å². The van der Waals surface area contributed by atoms with Crippen LogP contribution in [0.2, 0.25) is 0 Å². The van der Waals surface area contributed by atoms with Crippen molar-refractivity contribution in [3.05, 3.63) is 55.7 Å². The van der Waals surface area contributed by atoms with Crippen molar-refractivity contribution in [3.63, 3.8) is 0 Å². The molecule has 0 spiro atoms. The molecule has 0 saturated heterocycles. The highest BCUT2D eigenvalue weighted by Gasteiger charge is 2.09. The Morgan fingerprint density at radius 1 is 1.38 bits per heavy atom. The molecule has 3 nitrogen and oxygen atoms in total. The van der Waals surface area contributed by atoms with Gasteiger partial charge in [-0.25, -0.2) is 0 Å². The predicted octanol–water partition coefficient (Wildman–Crippen LogP) is 3.09. The first-order valence-corrected chi connectivity index (χ1v) is 7.94. The quantitative estimate of drug-likeness (QED) is 0.823. The lowest BCUT2D eigenvalue weighted by molar-refractivity contribution is 0.0950.